The maximum Gasteiger partial charge on any atom is 0.123 e. The van der Waals surface area contributed by atoms with Crippen molar-refractivity contribution in [1.29, 1.82) is 0 Å². The predicted octanol–water partition coefficient (Wildman–Crippen LogP) is 1.91. The standard InChI is InChI=1S/C13H21ClN2O3/c1-17-7-8-19-6-5-12(16-15)11-9-10(14)3-4-13(11)18-2/h3-4,9,12,16H,5-8,15H2,1-2H3. The van der Waals surface area contributed by atoms with Crippen molar-refractivity contribution in [3.8, 4) is 5.75 Å². The van der Waals surface area contributed by atoms with Gasteiger partial charge in [0.15, 0.2) is 0 Å². The Balaban J connectivity index is 2.60. The van der Waals surface area contributed by atoms with E-state index in [4.69, 9.17) is 31.7 Å². The van der Waals surface area contributed by atoms with Crippen molar-refractivity contribution in [2.75, 3.05) is 34.0 Å². The van der Waals surface area contributed by atoms with E-state index in [9.17, 15) is 0 Å². The Morgan fingerprint density at radius 1 is 1.26 bits per heavy atom. The van der Waals surface area contributed by atoms with E-state index in [0.29, 0.717) is 24.8 Å². The summed E-state index contributed by atoms with van der Waals surface area (Å²) in [6.45, 7) is 1.73. The lowest BCUT2D eigenvalue weighted by atomic mass is 10.0. The molecular formula is C13H21ClN2O3. The summed E-state index contributed by atoms with van der Waals surface area (Å²) < 4.78 is 15.7. The van der Waals surface area contributed by atoms with Gasteiger partial charge in [-0.1, -0.05) is 11.6 Å². The number of nitrogens with two attached hydrogens (primary N) is 1. The molecule has 0 radical (unpaired) electrons. The molecule has 0 amide bonds. The van der Waals surface area contributed by atoms with E-state index in [0.717, 1.165) is 17.7 Å². The highest BCUT2D eigenvalue weighted by atomic mass is 35.5. The van der Waals surface area contributed by atoms with Crippen LogP contribution in [-0.2, 0) is 9.47 Å². The molecule has 3 N–H and O–H groups in total. The maximum absolute atomic E-state index is 6.01. The molecule has 19 heavy (non-hydrogen) atoms. The number of ether oxygens (including phenoxy) is 3. The van der Waals surface area contributed by atoms with Crippen LogP contribution in [0.15, 0.2) is 18.2 Å². The molecule has 1 aromatic rings. The summed E-state index contributed by atoms with van der Waals surface area (Å²) in [5.74, 6) is 6.34. The molecule has 0 aliphatic rings. The van der Waals surface area contributed by atoms with Crippen molar-refractivity contribution < 1.29 is 14.2 Å². The fourth-order valence-corrected chi connectivity index (χ4v) is 1.93. The van der Waals surface area contributed by atoms with Crippen LogP contribution in [0.2, 0.25) is 5.02 Å². The Bertz CT molecular complexity index is 377. The fraction of sp³-hybridized carbons (Fsp3) is 0.538. The third-order valence-electron chi connectivity index (χ3n) is 2.75. The molecule has 1 aromatic carbocycles. The molecule has 1 unspecified atom stereocenters. The first-order chi connectivity index (χ1) is 9.22. The van der Waals surface area contributed by atoms with Crippen LogP contribution in [0.5, 0.6) is 5.75 Å². The molecule has 0 bridgehead atoms. The molecule has 108 valence electrons. The largest absolute Gasteiger partial charge is 0.496 e. The van der Waals surface area contributed by atoms with Gasteiger partial charge in [0.1, 0.15) is 5.75 Å². The Hall–Kier alpha value is -0.850. The summed E-state index contributed by atoms with van der Waals surface area (Å²) in [4.78, 5) is 0. The lowest BCUT2D eigenvalue weighted by Crippen LogP contribution is -2.29. The molecule has 6 heteroatoms. The van der Waals surface area contributed by atoms with Gasteiger partial charge in [-0.2, -0.15) is 0 Å². The Labute approximate surface area is 118 Å². The van der Waals surface area contributed by atoms with Gasteiger partial charge in [-0.3, -0.25) is 11.3 Å². The van der Waals surface area contributed by atoms with Gasteiger partial charge in [-0.25, -0.2) is 0 Å². The molecule has 1 atom stereocenters. The van der Waals surface area contributed by atoms with Crippen molar-refractivity contribution in [2.24, 2.45) is 5.84 Å². The summed E-state index contributed by atoms with van der Waals surface area (Å²) in [5.41, 5.74) is 3.69. The van der Waals surface area contributed by atoms with Crippen LogP contribution in [0, 0.1) is 0 Å². The number of halogens is 1. The van der Waals surface area contributed by atoms with Gasteiger partial charge in [-0.15, -0.1) is 0 Å². The first-order valence-electron chi connectivity index (χ1n) is 6.09. The highest BCUT2D eigenvalue weighted by molar-refractivity contribution is 6.30. The molecular weight excluding hydrogens is 268 g/mol. The number of benzene rings is 1. The van der Waals surface area contributed by atoms with E-state index in [1.807, 2.05) is 12.1 Å². The zero-order chi connectivity index (χ0) is 14.1. The van der Waals surface area contributed by atoms with Gasteiger partial charge in [0.2, 0.25) is 0 Å². The van der Waals surface area contributed by atoms with Gasteiger partial charge in [0.25, 0.3) is 0 Å². The molecule has 0 aliphatic heterocycles. The third kappa shape index (κ3) is 5.34. The molecule has 0 saturated carbocycles. The van der Waals surface area contributed by atoms with Crippen molar-refractivity contribution >= 4 is 11.6 Å². The number of methoxy groups -OCH3 is 2. The molecule has 0 spiro atoms. The van der Waals surface area contributed by atoms with E-state index in [-0.39, 0.29) is 6.04 Å². The summed E-state index contributed by atoms with van der Waals surface area (Å²) in [7, 11) is 3.26. The lowest BCUT2D eigenvalue weighted by molar-refractivity contribution is 0.0657. The molecule has 1 rings (SSSR count). The van der Waals surface area contributed by atoms with Crippen LogP contribution in [0.4, 0.5) is 0 Å². The number of hydrogen-bond acceptors (Lipinski definition) is 5. The number of nitrogens with one attached hydrogen (secondary N) is 1. The quantitative estimate of drug-likeness (QED) is 0.413. The van der Waals surface area contributed by atoms with Crippen LogP contribution in [-0.4, -0.2) is 34.0 Å². The predicted molar refractivity (Wildman–Crippen MR) is 75.4 cm³/mol. The summed E-state index contributed by atoms with van der Waals surface area (Å²) in [6, 6.07) is 5.39. The number of rotatable bonds is 9. The summed E-state index contributed by atoms with van der Waals surface area (Å²) in [5, 5.41) is 0.649. The first kappa shape index (κ1) is 16.2. The van der Waals surface area contributed by atoms with Crippen LogP contribution in [0.3, 0.4) is 0 Å². The monoisotopic (exact) mass is 288 g/mol. The highest BCUT2D eigenvalue weighted by Gasteiger charge is 2.15. The number of hydrogen-bond donors (Lipinski definition) is 2. The van der Waals surface area contributed by atoms with Crippen molar-refractivity contribution in [3.05, 3.63) is 28.8 Å². The molecule has 0 fully saturated rings. The van der Waals surface area contributed by atoms with Gasteiger partial charge in [-0.05, 0) is 24.6 Å². The number of hydrazine groups is 1. The minimum absolute atomic E-state index is 0.0730. The van der Waals surface area contributed by atoms with Crippen molar-refractivity contribution in [3.63, 3.8) is 0 Å². The SMILES string of the molecule is COCCOCCC(NN)c1cc(Cl)ccc1OC. The summed E-state index contributed by atoms with van der Waals surface area (Å²) in [6.07, 6.45) is 0.719. The highest BCUT2D eigenvalue weighted by Crippen LogP contribution is 2.29. The van der Waals surface area contributed by atoms with E-state index in [1.165, 1.54) is 0 Å². The van der Waals surface area contributed by atoms with Crippen LogP contribution < -0.4 is 16.0 Å². The minimum atomic E-state index is -0.0730. The second-order valence-corrected chi connectivity index (χ2v) is 4.44. The zero-order valence-electron chi connectivity index (χ0n) is 11.3. The average Bonchev–Trinajstić information content (AvgIpc) is 2.43. The Morgan fingerprint density at radius 3 is 2.68 bits per heavy atom. The second kappa shape index (κ2) is 9.12. The Kier molecular flexibility index (Phi) is 7.78. The van der Waals surface area contributed by atoms with Crippen LogP contribution in [0.1, 0.15) is 18.0 Å². The third-order valence-corrected chi connectivity index (χ3v) is 2.99. The smallest absolute Gasteiger partial charge is 0.123 e. The zero-order valence-corrected chi connectivity index (χ0v) is 12.1. The van der Waals surface area contributed by atoms with E-state index in [2.05, 4.69) is 5.43 Å². The average molecular weight is 289 g/mol. The van der Waals surface area contributed by atoms with E-state index in [1.54, 1.807) is 20.3 Å². The molecule has 0 aromatic heterocycles. The van der Waals surface area contributed by atoms with Gasteiger partial charge >= 0.3 is 0 Å². The van der Waals surface area contributed by atoms with Gasteiger partial charge in [0.05, 0.1) is 26.4 Å². The van der Waals surface area contributed by atoms with E-state index < -0.39 is 0 Å². The second-order valence-electron chi connectivity index (χ2n) is 4.00. The van der Waals surface area contributed by atoms with Gasteiger partial charge < -0.3 is 14.2 Å². The summed E-state index contributed by atoms with van der Waals surface area (Å²) >= 11 is 6.01. The lowest BCUT2D eigenvalue weighted by Gasteiger charge is -2.19. The minimum Gasteiger partial charge on any atom is -0.496 e. The van der Waals surface area contributed by atoms with E-state index >= 15 is 0 Å². The Morgan fingerprint density at radius 2 is 2.05 bits per heavy atom. The topological polar surface area (TPSA) is 65.7 Å². The first-order valence-corrected chi connectivity index (χ1v) is 6.47. The van der Waals surface area contributed by atoms with Crippen LogP contribution in [0.25, 0.3) is 0 Å². The molecule has 5 nitrogen and oxygen atoms in total. The van der Waals surface area contributed by atoms with Gasteiger partial charge in [0, 0.05) is 24.3 Å². The fourth-order valence-electron chi connectivity index (χ4n) is 1.75. The normalized spacial score (nSPS) is 12.4. The molecule has 0 heterocycles. The molecule has 0 aliphatic carbocycles. The van der Waals surface area contributed by atoms with Crippen molar-refractivity contribution in [1.82, 2.24) is 5.43 Å². The maximum atomic E-state index is 6.01. The molecule has 0 saturated heterocycles. The van der Waals surface area contributed by atoms with Crippen molar-refractivity contribution in [2.45, 2.75) is 12.5 Å². The van der Waals surface area contributed by atoms with Crippen LogP contribution >= 0.6 is 11.6 Å².